The second-order valence-electron chi connectivity index (χ2n) is 4.78. The summed E-state index contributed by atoms with van der Waals surface area (Å²) in [6.45, 7) is 1.93. The van der Waals surface area contributed by atoms with Crippen molar-refractivity contribution < 1.29 is 0 Å². The molecule has 1 nitrogen and oxygen atoms in total. The summed E-state index contributed by atoms with van der Waals surface area (Å²) in [5.74, 6) is 0.832. The first-order chi connectivity index (χ1) is 8.83. The summed E-state index contributed by atoms with van der Waals surface area (Å²) in [5, 5.41) is 3.54. The number of benzene rings is 1. The molecule has 0 radical (unpaired) electrons. The molecule has 0 unspecified atom stereocenters. The number of hydrogen-bond acceptors (Lipinski definition) is 2. The number of nitrogens with one attached hydrogen (secondary N) is 1. The maximum Gasteiger partial charge on any atom is 0.0701 e. The van der Waals surface area contributed by atoms with Gasteiger partial charge in [0, 0.05) is 18.0 Å². The van der Waals surface area contributed by atoms with Crippen LogP contribution in [0.4, 0.5) is 0 Å². The lowest BCUT2D eigenvalue weighted by Gasteiger charge is -2.09. The molecule has 94 valence electrons. The third kappa shape index (κ3) is 3.02. The monoisotopic (exact) mass is 321 g/mol. The van der Waals surface area contributed by atoms with Gasteiger partial charge in [-0.25, -0.2) is 0 Å². The quantitative estimate of drug-likeness (QED) is 0.843. The van der Waals surface area contributed by atoms with Crippen LogP contribution in [0, 0.1) is 0 Å². The van der Waals surface area contributed by atoms with E-state index in [4.69, 9.17) is 0 Å². The molecule has 1 saturated carbocycles. The Morgan fingerprint density at radius 3 is 2.67 bits per heavy atom. The van der Waals surface area contributed by atoms with E-state index >= 15 is 0 Å². The van der Waals surface area contributed by atoms with Crippen LogP contribution in [0.3, 0.4) is 0 Å². The number of hydrogen-bond donors (Lipinski definition) is 1. The van der Waals surface area contributed by atoms with Gasteiger partial charge < -0.3 is 5.32 Å². The Bertz CT molecular complexity index is 531. The fourth-order valence-electron chi connectivity index (χ4n) is 2.25. The smallest absolute Gasteiger partial charge is 0.0701 e. The minimum atomic E-state index is 0.832. The van der Waals surface area contributed by atoms with Crippen LogP contribution in [0.25, 0.3) is 0 Å². The van der Waals surface area contributed by atoms with Crippen LogP contribution in [0.5, 0.6) is 0 Å². The molecule has 1 heterocycles. The van der Waals surface area contributed by atoms with Crippen molar-refractivity contribution in [2.45, 2.75) is 31.8 Å². The number of rotatable bonds is 5. The van der Waals surface area contributed by atoms with Crippen molar-refractivity contribution in [2.24, 2.45) is 0 Å². The largest absolute Gasteiger partial charge is 0.308 e. The standard InChI is InChI=1S/C15H16BrNS/c16-15-8-7-13(18-15)10-17-9-12-3-1-2-4-14(12)11-5-6-11/h1-4,7-8,11,17H,5-6,9-10H2. The highest BCUT2D eigenvalue weighted by Crippen LogP contribution is 2.41. The summed E-state index contributed by atoms with van der Waals surface area (Å²) in [4.78, 5) is 1.38. The Kier molecular flexibility index (Phi) is 3.83. The van der Waals surface area contributed by atoms with E-state index in [2.05, 4.69) is 57.6 Å². The molecule has 2 aromatic rings. The SMILES string of the molecule is Brc1ccc(CNCc2ccccc2C2CC2)s1. The van der Waals surface area contributed by atoms with Gasteiger partial charge in [-0.1, -0.05) is 24.3 Å². The normalized spacial score (nSPS) is 14.9. The summed E-state index contributed by atoms with van der Waals surface area (Å²) >= 11 is 5.30. The van der Waals surface area contributed by atoms with Crippen LogP contribution in [0.2, 0.25) is 0 Å². The van der Waals surface area contributed by atoms with E-state index in [1.807, 2.05) is 0 Å². The fourth-order valence-corrected chi connectivity index (χ4v) is 3.71. The van der Waals surface area contributed by atoms with Crippen molar-refractivity contribution in [3.8, 4) is 0 Å². The van der Waals surface area contributed by atoms with Gasteiger partial charge >= 0.3 is 0 Å². The molecule has 1 fully saturated rings. The second-order valence-corrected chi connectivity index (χ2v) is 7.33. The average molecular weight is 322 g/mol. The molecular weight excluding hydrogens is 306 g/mol. The van der Waals surface area contributed by atoms with Crippen molar-refractivity contribution in [1.29, 1.82) is 0 Å². The first kappa shape index (κ1) is 12.4. The summed E-state index contributed by atoms with van der Waals surface area (Å²) in [5.41, 5.74) is 3.02. The molecular formula is C15H16BrNS. The van der Waals surface area contributed by atoms with Gasteiger partial charge in [-0.05, 0) is 57.9 Å². The fraction of sp³-hybridized carbons (Fsp3) is 0.333. The van der Waals surface area contributed by atoms with Crippen molar-refractivity contribution in [3.63, 3.8) is 0 Å². The lowest BCUT2D eigenvalue weighted by molar-refractivity contribution is 0.695. The molecule has 3 heteroatoms. The van der Waals surface area contributed by atoms with Gasteiger partial charge in [0.1, 0.15) is 0 Å². The molecule has 1 N–H and O–H groups in total. The highest BCUT2D eigenvalue weighted by Gasteiger charge is 2.25. The van der Waals surface area contributed by atoms with E-state index in [1.54, 1.807) is 16.9 Å². The molecule has 1 aromatic heterocycles. The summed E-state index contributed by atoms with van der Waals surface area (Å²) in [6.07, 6.45) is 2.74. The first-order valence-corrected chi connectivity index (χ1v) is 7.96. The van der Waals surface area contributed by atoms with E-state index in [9.17, 15) is 0 Å². The number of halogens is 1. The molecule has 0 atom stereocenters. The Hall–Kier alpha value is -0.640. The lowest BCUT2D eigenvalue weighted by Crippen LogP contribution is -2.13. The maximum atomic E-state index is 3.54. The van der Waals surface area contributed by atoms with Crippen LogP contribution in [-0.4, -0.2) is 0 Å². The predicted molar refractivity (Wildman–Crippen MR) is 81.0 cm³/mol. The van der Waals surface area contributed by atoms with E-state index in [-0.39, 0.29) is 0 Å². The Balaban J connectivity index is 1.59. The minimum absolute atomic E-state index is 0.832. The van der Waals surface area contributed by atoms with Crippen LogP contribution in [-0.2, 0) is 13.1 Å². The number of thiophene rings is 1. The Morgan fingerprint density at radius 2 is 1.94 bits per heavy atom. The van der Waals surface area contributed by atoms with Crippen molar-refractivity contribution in [1.82, 2.24) is 5.32 Å². The molecule has 0 saturated heterocycles. The van der Waals surface area contributed by atoms with E-state index < -0.39 is 0 Å². The average Bonchev–Trinajstić information content (AvgIpc) is 3.14. The topological polar surface area (TPSA) is 12.0 Å². The van der Waals surface area contributed by atoms with Gasteiger partial charge in [0.05, 0.1) is 3.79 Å². The zero-order chi connectivity index (χ0) is 12.4. The third-order valence-electron chi connectivity index (χ3n) is 3.32. The maximum absolute atomic E-state index is 3.54. The summed E-state index contributed by atoms with van der Waals surface area (Å²) in [7, 11) is 0. The van der Waals surface area contributed by atoms with Crippen LogP contribution in [0.15, 0.2) is 40.2 Å². The lowest BCUT2D eigenvalue weighted by atomic mass is 10.0. The van der Waals surface area contributed by atoms with Crippen LogP contribution < -0.4 is 5.32 Å². The van der Waals surface area contributed by atoms with E-state index in [0.29, 0.717) is 0 Å². The first-order valence-electron chi connectivity index (χ1n) is 6.35. The zero-order valence-electron chi connectivity index (χ0n) is 10.2. The third-order valence-corrected chi connectivity index (χ3v) is 4.94. The van der Waals surface area contributed by atoms with Gasteiger partial charge in [-0.3, -0.25) is 0 Å². The molecule has 0 aliphatic heterocycles. The second kappa shape index (κ2) is 5.55. The highest BCUT2D eigenvalue weighted by atomic mass is 79.9. The van der Waals surface area contributed by atoms with E-state index in [0.717, 1.165) is 19.0 Å². The molecule has 1 aromatic carbocycles. The van der Waals surface area contributed by atoms with Gasteiger partial charge in [0.25, 0.3) is 0 Å². The molecule has 0 spiro atoms. The zero-order valence-corrected chi connectivity index (χ0v) is 12.6. The minimum Gasteiger partial charge on any atom is -0.308 e. The molecule has 3 rings (SSSR count). The Morgan fingerprint density at radius 1 is 1.11 bits per heavy atom. The molecule has 1 aliphatic rings. The molecule has 18 heavy (non-hydrogen) atoms. The van der Waals surface area contributed by atoms with Gasteiger partial charge in [0.15, 0.2) is 0 Å². The molecule has 1 aliphatic carbocycles. The van der Waals surface area contributed by atoms with Crippen LogP contribution >= 0.6 is 27.3 Å². The molecule has 0 amide bonds. The summed E-state index contributed by atoms with van der Waals surface area (Å²) in [6, 6.07) is 13.1. The van der Waals surface area contributed by atoms with Crippen molar-refractivity contribution in [3.05, 3.63) is 56.2 Å². The van der Waals surface area contributed by atoms with Gasteiger partial charge in [-0.2, -0.15) is 0 Å². The van der Waals surface area contributed by atoms with Crippen molar-refractivity contribution >= 4 is 27.3 Å². The summed E-state index contributed by atoms with van der Waals surface area (Å²) < 4.78 is 1.21. The van der Waals surface area contributed by atoms with E-state index in [1.165, 1.54) is 27.1 Å². The Labute approximate surface area is 120 Å². The predicted octanol–water partition coefficient (Wildman–Crippen LogP) is 4.68. The van der Waals surface area contributed by atoms with Gasteiger partial charge in [-0.15, -0.1) is 11.3 Å². The van der Waals surface area contributed by atoms with Crippen molar-refractivity contribution in [2.75, 3.05) is 0 Å². The highest BCUT2D eigenvalue weighted by molar-refractivity contribution is 9.11. The molecule has 0 bridgehead atoms. The van der Waals surface area contributed by atoms with Gasteiger partial charge in [0.2, 0.25) is 0 Å². The van der Waals surface area contributed by atoms with Crippen LogP contribution in [0.1, 0.15) is 34.8 Å².